The predicted molar refractivity (Wildman–Crippen MR) is 129 cm³/mol. The minimum atomic E-state index is 0. The highest BCUT2D eigenvalue weighted by molar-refractivity contribution is 14.0. The van der Waals surface area contributed by atoms with Gasteiger partial charge in [-0.15, -0.1) is 24.0 Å². The van der Waals surface area contributed by atoms with Crippen molar-refractivity contribution < 1.29 is 4.74 Å². The van der Waals surface area contributed by atoms with Gasteiger partial charge in [-0.2, -0.15) is 0 Å². The molecule has 0 aromatic heterocycles. The number of benzene rings is 1. The Morgan fingerprint density at radius 2 is 1.79 bits per heavy atom. The molecule has 1 saturated heterocycles. The number of nitrogens with zero attached hydrogens (tertiary/aromatic N) is 3. The Bertz CT molecular complexity index is 556. The number of methoxy groups -OCH3 is 1. The summed E-state index contributed by atoms with van der Waals surface area (Å²) in [5, 5.41) is 6.97. The summed E-state index contributed by atoms with van der Waals surface area (Å²) < 4.78 is 5.31. The maximum Gasteiger partial charge on any atom is 0.191 e. The van der Waals surface area contributed by atoms with E-state index in [0.717, 1.165) is 57.5 Å². The molecule has 0 amide bonds. The van der Waals surface area contributed by atoms with Crippen LogP contribution in [0, 0.1) is 0 Å². The highest BCUT2D eigenvalue weighted by Crippen LogP contribution is 2.26. The molecule has 0 saturated carbocycles. The van der Waals surface area contributed by atoms with Crippen molar-refractivity contribution in [3.05, 3.63) is 29.8 Å². The molecule has 1 aliphatic rings. The van der Waals surface area contributed by atoms with E-state index in [2.05, 4.69) is 63.5 Å². The van der Waals surface area contributed by atoms with Gasteiger partial charge in [0.1, 0.15) is 5.75 Å². The van der Waals surface area contributed by atoms with E-state index in [0.29, 0.717) is 6.04 Å². The lowest BCUT2D eigenvalue weighted by molar-refractivity contribution is 0.245. The number of halogens is 1. The Kier molecular flexibility index (Phi) is 12.5. The van der Waals surface area contributed by atoms with E-state index in [1.807, 2.05) is 7.05 Å². The molecule has 0 radical (unpaired) electrons. The van der Waals surface area contributed by atoms with Gasteiger partial charge < -0.3 is 20.3 Å². The maximum atomic E-state index is 5.31. The summed E-state index contributed by atoms with van der Waals surface area (Å²) >= 11 is 0. The fraction of sp³-hybridized carbons (Fsp3) is 0.667. The number of likely N-dealkylation sites (tertiary alicyclic amines) is 1. The van der Waals surface area contributed by atoms with Crippen LogP contribution in [-0.2, 0) is 0 Å². The summed E-state index contributed by atoms with van der Waals surface area (Å²) in [5.74, 6) is 1.78. The summed E-state index contributed by atoms with van der Waals surface area (Å²) in [5.41, 5.74) is 1.32. The quantitative estimate of drug-likeness (QED) is 0.292. The number of guanidine groups is 1. The van der Waals surface area contributed by atoms with Crippen molar-refractivity contribution in [3.8, 4) is 5.75 Å². The van der Waals surface area contributed by atoms with Crippen LogP contribution in [0.5, 0.6) is 5.75 Å². The van der Waals surface area contributed by atoms with Gasteiger partial charge in [-0.05, 0) is 56.7 Å². The molecule has 28 heavy (non-hydrogen) atoms. The Balaban J connectivity index is 0.00000392. The number of nitrogens with one attached hydrogen (secondary N) is 2. The molecular weight excluding hydrogens is 465 g/mol. The van der Waals surface area contributed by atoms with E-state index < -0.39 is 0 Å². The average molecular weight is 503 g/mol. The Morgan fingerprint density at radius 1 is 1.14 bits per heavy atom. The second-order valence-corrected chi connectivity index (χ2v) is 6.94. The first kappa shape index (κ1) is 25.0. The normalized spacial score (nSPS) is 16.0. The summed E-state index contributed by atoms with van der Waals surface area (Å²) in [6.07, 6.45) is 2.56. The van der Waals surface area contributed by atoms with Gasteiger partial charge in [0.2, 0.25) is 0 Å². The van der Waals surface area contributed by atoms with Crippen molar-refractivity contribution in [2.75, 3.05) is 60.0 Å². The zero-order valence-corrected chi connectivity index (χ0v) is 20.2. The second-order valence-electron chi connectivity index (χ2n) is 6.94. The van der Waals surface area contributed by atoms with Crippen LogP contribution in [0.4, 0.5) is 0 Å². The monoisotopic (exact) mass is 503 g/mol. The van der Waals surface area contributed by atoms with Crippen LogP contribution < -0.4 is 15.4 Å². The number of aliphatic imine (C=N–C) groups is 1. The maximum absolute atomic E-state index is 5.31. The van der Waals surface area contributed by atoms with Crippen LogP contribution in [0.3, 0.4) is 0 Å². The first-order valence-electron chi connectivity index (χ1n) is 10.3. The average Bonchev–Trinajstić information content (AvgIpc) is 3.24. The highest BCUT2D eigenvalue weighted by atomic mass is 127. The number of rotatable bonds is 10. The van der Waals surface area contributed by atoms with Gasteiger partial charge in [-0.1, -0.05) is 26.0 Å². The van der Waals surface area contributed by atoms with Gasteiger partial charge in [0.05, 0.1) is 13.2 Å². The molecule has 2 N–H and O–H groups in total. The van der Waals surface area contributed by atoms with E-state index >= 15 is 0 Å². The third kappa shape index (κ3) is 7.75. The molecule has 1 heterocycles. The van der Waals surface area contributed by atoms with Gasteiger partial charge in [0.25, 0.3) is 0 Å². The standard InChI is InChI=1S/C21H37N5O.HI/c1-5-25(6-2)16-13-23-21(22-3)24-17-20(26-14-7-8-15-26)18-9-11-19(27-4)12-10-18;/h9-12,20H,5-8,13-17H2,1-4H3,(H2,22,23,24);1H. The van der Waals surface area contributed by atoms with Crippen molar-refractivity contribution in [2.24, 2.45) is 4.99 Å². The van der Waals surface area contributed by atoms with Gasteiger partial charge in [-0.3, -0.25) is 9.89 Å². The number of likely N-dealkylation sites (N-methyl/N-ethyl adjacent to an activating group) is 1. The molecule has 0 aliphatic carbocycles. The molecule has 1 aliphatic heterocycles. The largest absolute Gasteiger partial charge is 0.497 e. The molecule has 160 valence electrons. The number of hydrogen-bond donors (Lipinski definition) is 2. The molecule has 7 heteroatoms. The SMILES string of the molecule is CCN(CC)CCNC(=NC)NCC(c1ccc(OC)cc1)N1CCCC1.I. The smallest absolute Gasteiger partial charge is 0.191 e. The van der Waals surface area contributed by atoms with Crippen molar-refractivity contribution in [1.82, 2.24) is 20.4 Å². The van der Waals surface area contributed by atoms with E-state index in [1.165, 1.54) is 18.4 Å². The fourth-order valence-electron chi connectivity index (χ4n) is 3.62. The van der Waals surface area contributed by atoms with Crippen LogP contribution in [-0.4, -0.2) is 75.7 Å². The second kappa shape index (κ2) is 14.0. The van der Waals surface area contributed by atoms with E-state index in [4.69, 9.17) is 4.74 Å². The first-order chi connectivity index (χ1) is 13.2. The molecule has 6 nitrogen and oxygen atoms in total. The van der Waals surface area contributed by atoms with Crippen molar-refractivity contribution in [3.63, 3.8) is 0 Å². The minimum Gasteiger partial charge on any atom is -0.497 e. The molecule has 0 bridgehead atoms. The predicted octanol–water partition coefficient (Wildman–Crippen LogP) is 2.96. The van der Waals surface area contributed by atoms with Crippen LogP contribution in [0.25, 0.3) is 0 Å². The lowest BCUT2D eigenvalue weighted by Crippen LogP contribution is -2.44. The van der Waals surface area contributed by atoms with Crippen LogP contribution in [0.2, 0.25) is 0 Å². The van der Waals surface area contributed by atoms with Gasteiger partial charge >= 0.3 is 0 Å². The Morgan fingerprint density at radius 3 is 2.32 bits per heavy atom. The summed E-state index contributed by atoms with van der Waals surface area (Å²) in [7, 11) is 3.55. The number of ether oxygens (including phenoxy) is 1. The summed E-state index contributed by atoms with van der Waals surface area (Å²) in [4.78, 5) is 9.37. The van der Waals surface area contributed by atoms with Crippen molar-refractivity contribution in [2.45, 2.75) is 32.7 Å². The molecule has 1 aromatic carbocycles. The Hall–Kier alpha value is -1.06. The molecule has 1 fully saturated rings. The fourth-order valence-corrected chi connectivity index (χ4v) is 3.62. The van der Waals surface area contributed by atoms with Gasteiger partial charge in [0, 0.05) is 26.7 Å². The molecule has 2 rings (SSSR count). The summed E-state index contributed by atoms with van der Waals surface area (Å²) in [6, 6.07) is 8.81. The summed E-state index contributed by atoms with van der Waals surface area (Å²) in [6.45, 7) is 11.7. The topological polar surface area (TPSA) is 52.1 Å². The molecule has 1 atom stereocenters. The molecule has 0 spiro atoms. The third-order valence-corrected chi connectivity index (χ3v) is 5.38. The van der Waals surface area contributed by atoms with E-state index in [1.54, 1.807) is 7.11 Å². The van der Waals surface area contributed by atoms with Gasteiger partial charge in [0.15, 0.2) is 5.96 Å². The lowest BCUT2D eigenvalue weighted by atomic mass is 10.1. The molecular formula is C21H38IN5O. The van der Waals surface area contributed by atoms with E-state index in [-0.39, 0.29) is 24.0 Å². The Labute approximate surface area is 188 Å². The molecule has 1 aromatic rings. The van der Waals surface area contributed by atoms with Crippen LogP contribution in [0.1, 0.15) is 38.3 Å². The highest BCUT2D eigenvalue weighted by Gasteiger charge is 2.23. The van der Waals surface area contributed by atoms with Crippen LogP contribution >= 0.6 is 24.0 Å². The van der Waals surface area contributed by atoms with Crippen LogP contribution in [0.15, 0.2) is 29.3 Å². The zero-order valence-electron chi connectivity index (χ0n) is 17.9. The van der Waals surface area contributed by atoms with Crippen molar-refractivity contribution >= 4 is 29.9 Å². The van der Waals surface area contributed by atoms with E-state index in [9.17, 15) is 0 Å². The first-order valence-corrected chi connectivity index (χ1v) is 10.3. The third-order valence-electron chi connectivity index (χ3n) is 5.38. The van der Waals surface area contributed by atoms with Crippen molar-refractivity contribution in [1.29, 1.82) is 0 Å². The zero-order chi connectivity index (χ0) is 19.5. The van der Waals surface area contributed by atoms with Gasteiger partial charge in [-0.25, -0.2) is 0 Å². The molecule has 1 unspecified atom stereocenters. The minimum absolute atomic E-state index is 0. The lowest BCUT2D eigenvalue weighted by Gasteiger charge is -2.29. The number of hydrogen-bond acceptors (Lipinski definition) is 4.